The summed E-state index contributed by atoms with van der Waals surface area (Å²) in [5, 5.41) is 8.59. The molecule has 124 valence electrons. The zero-order chi connectivity index (χ0) is 17.0. The highest BCUT2D eigenvalue weighted by Crippen LogP contribution is 2.29. The van der Waals surface area contributed by atoms with Crippen molar-refractivity contribution in [1.82, 2.24) is 10.2 Å². The molecular formula is C16H19F2N3O2. The molecule has 0 saturated carbocycles. The van der Waals surface area contributed by atoms with Gasteiger partial charge in [-0.2, -0.15) is 5.10 Å². The lowest BCUT2D eigenvalue weighted by Crippen LogP contribution is -2.21. The molecule has 0 aliphatic carbocycles. The van der Waals surface area contributed by atoms with Gasteiger partial charge in [0.15, 0.2) is 5.69 Å². The van der Waals surface area contributed by atoms with Crippen LogP contribution in [0.15, 0.2) is 24.3 Å². The second kappa shape index (κ2) is 7.21. The van der Waals surface area contributed by atoms with Crippen molar-refractivity contribution in [1.29, 1.82) is 0 Å². The van der Waals surface area contributed by atoms with E-state index in [1.807, 2.05) is 6.92 Å². The molecule has 2 rings (SSSR count). The molecule has 7 heteroatoms. The Kier molecular flexibility index (Phi) is 5.31. The van der Waals surface area contributed by atoms with Gasteiger partial charge < -0.3 is 10.1 Å². The van der Waals surface area contributed by atoms with Crippen molar-refractivity contribution >= 4 is 11.6 Å². The number of nitrogens with one attached hydrogen (secondary N) is 2. The van der Waals surface area contributed by atoms with Crippen LogP contribution in [0.4, 0.5) is 14.5 Å². The molecule has 0 spiro atoms. The summed E-state index contributed by atoms with van der Waals surface area (Å²) in [5.41, 5.74) is 0.807. The molecule has 1 atom stereocenters. The van der Waals surface area contributed by atoms with Crippen molar-refractivity contribution in [3.63, 3.8) is 0 Å². The Balaban J connectivity index is 2.22. The number of hydrogen-bond acceptors (Lipinski definition) is 3. The number of H-pyrrole nitrogens is 1. The molecule has 0 bridgehead atoms. The van der Waals surface area contributed by atoms with Crippen molar-refractivity contribution in [2.45, 2.75) is 32.6 Å². The number of hydrogen-bond donors (Lipinski definition) is 2. The number of methoxy groups -OCH3 is 1. The quantitative estimate of drug-likeness (QED) is 0.850. The molecule has 5 nitrogen and oxygen atoms in total. The number of nitrogens with zero attached hydrogens (tertiary/aromatic N) is 1. The smallest absolute Gasteiger partial charge is 0.284 e. The third-order valence-electron chi connectivity index (χ3n) is 3.67. The Morgan fingerprint density at radius 1 is 1.35 bits per heavy atom. The molecule has 0 fully saturated rings. The number of aromatic nitrogens is 2. The molecule has 1 heterocycles. The first-order valence-electron chi connectivity index (χ1n) is 7.25. The van der Waals surface area contributed by atoms with E-state index in [2.05, 4.69) is 15.5 Å². The van der Waals surface area contributed by atoms with E-state index in [1.54, 1.807) is 38.3 Å². The zero-order valence-electron chi connectivity index (χ0n) is 13.2. The lowest BCUT2D eigenvalue weighted by Gasteiger charge is -2.16. The van der Waals surface area contributed by atoms with Gasteiger partial charge in [-0.05, 0) is 31.0 Å². The molecule has 1 aromatic heterocycles. The van der Waals surface area contributed by atoms with Crippen LogP contribution in [0, 0.1) is 6.92 Å². The summed E-state index contributed by atoms with van der Waals surface area (Å²) < 4.78 is 31.0. The van der Waals surface area contributed by atoms with Gasteiger partial charge in [-0.15, -0.1) is 0 Å². The van der Waals surface area contributed by atoms with E-state index in [9.17, 15) is 13.6 Å². The molecule has 23 heavy (non-hydrogen) atoms. The van der Waals surface area contributed by atoms with Gasteiger partial charge in [-0.3, -0.25) is 9.89 Å². The number of benzene rings is 1. The number of anilines is 1. The molecule has 0 aliphatic rings. The number of aryl methyl sites for hydroxylation is 1. The average molecular weight is 323 g/mol. The maximum Gasteiger partial charge on any atom is 0.284 e. The molecule has 0 aliphatic heterocycles. The van der Waals surface area contributed by atoms with Crippen molar-refractivity contribution < 1.29 is 18.3 Å². The molecule has 1 amide bonds. The van der Waals surface area contributed by atoms with Crippen LogP contribution in [0.2, 0.25) is 0 Å². The van der Waals surface area contributed by atoms with Gasteiger partial charge in [0.2, 0.25) is 5.91 Å². The summed E-state index contributed by atoms with van der Waals surface area (Å²) >= 11 is 0. The van der Waals surface area contributed by atoms with Crippen molar-refractivity contribution in [2.75, 3.05) is 12.4 Å². The number of halogens is 2. The minimum Gasteiger partial charge on any atom is -0.497 e. The highest BCUT2D eigenvalue weighted by atomic mass is 19.3. The summed E-state index contributed by atoms with van der Waals surface area (Å²) in [4.78, 5) is 12.5. The normalized spacial score (nSPS) is 12.3. The van der Waals surface area contributed by atoms with Crippen LogP contribution in [0.25, 0.3) is 0 Å². The van der Waals surface area contributed by atoms with E-state index in [0.29, 0.717) is 17.9 Å². The largest absolute Gasteiger partial charge is 0.497 e. The van der Waals surface area contributed by atoms with Gasteiger partial charge in [0.05, 0.1) is 24.4 Å². The molecule has 2 aromatic rings. The molecule has 0 radical (unpaired) electrons. The summed E-state index contributed by atoms with van der Waals surface area (Å²) in [5.74, 6) is -0.0977. The number of carbonyl (C=O) groups excluding carboxylic acids is 1. The Bertz CT molecular complexity index is 668. The molecule has 0 unspecified atom stereocenters. The van der Waals surface area contributed by atoms with Crippen LogP contribution in [-0.2, 0) is 4.79 Å². The third kappa shape index (κ3) is 3.67. The maximum atomic E-state index is 12.9. The highest BCUT2D eigenvalue weighted by Gasteiger charge is 2.24. The summed E-state index contributed by atoms with van der Waals surface area (Å²) in [6, 6.07) is 7.11. The van der Waals surface area contributed by atoms with Crippen LogP contribution >= 0.6 is 0 Å². The van der Waals surface area contributed by atoms with E-state index in [1.165, 1.54) is 0 Å². The molecule has 0 saturated heterocycles. The second-order valence-corrected chi connectivity index (χ2v) is 5.13. The van der Waals surface area contributed by atoms with Gasteiger partial charge in [0.25, 0.3) is 6.43 Å². The van der Waals surface area contributed by atoms with E-state index in [4.69, 9.17) is 4.74 Å². The summed E-state index contributed by atoms with van der Waals surface area (Å²) in [6.07, 6.45) is -2.21. The fourth-order valence-corrected chi connectivity index (χ4v) is 2.38. The van der Waals surface area contributed by atoms with Crippen LogP contribution in [0.1, 0.15) is 42.6 Å². The fraction of sp³-hybridized carbons (Fsp3) is 0.375. The Labute approximate surface area is 133 Å². The van der Waals surface area contributed by atoms with Gasteiger partial charge >= 0.3 is 0 Å². The zero-order valence-corrected chi connectivity index (χ0v) is 13.2. The van der Waals surface area contributed by atoms with Crippen LogP contribution in [0.3, 0.4) is 0 Å². The van der Waals surface area contributed by atoms with Crippen LogP contribution < -0.4 is 10.1 Å². The molecule has 2 N–H and O–H groups in total. The number of aromatic amines is 1. The third-order valence-corrected chi connectivity index (χ3v) is 3.67. The molecule has 1 aromatic carbocycles. The van der Waals surface area contributed by atoms with Crippen LogP contribution in [-0.4, -0.2) is 23.2 Å². The minimum atomic E-state index is -2.75. The van der Waals surface area contributed by atoms with Crippen molar-refractivity contribution in [2.24, 2.45) is 0 Å². The van der Waals surface area contributed by atoms with Gasteiger partial charge in [0, 0.05) is 0 Å². The summed E-state index contributed by atoms with van der Waals surface area (Å²) in [7, 11) is 1.56. The van der Waals surface area contributed by atoms with Crippen LogP contribution in [0.5, 0.6) is 5.75 Å². The number of rotatable bonds is 6. The van der Waals surface area contributed by atoms with E-state index in [-0.39, 0.29) is 11.6 Å². The standard InChI is InChI=1S/C16H19F2N3O2/c1-4-12(10-5-7-11(23-3)8-6-10)16(22)19-13-9(2)20-21-14(13)15(17)18/h5-8,12,15H,4H2,1-3H3,(H,19,22)(H,20,21)/t12-/m1/s1. The lowest BCUT2D eigenvalue weighted by molar-refractivity contribution is -0.117. The van der Waals surface area contributed by atoms with Crippen molar-refractivity contribution in [3.8, 4) is 5.75 Å². The molecular weight excluding hydrogens is 304 g/mol. The Morgan fingerprint density at radius 3 is 2.52 bits per heavy atom. The predicted octanol–water partition coefficient (Wildman–Crippen LogP) is 3.80. The predicted molar refractivity (Wildman–Crippen MR) is 82.9 cm³/mol. The number of ether oxygens (including phenoxy) is 1. The SMILES string of the molecule is CC[C@@H](C(=O)Nc1c(C(F)F)n[nH]c1C)c1ccc(OC)cc1. The highest BCUT2D eigenvalue weighted by molar-refractivity contribution is 5.96. The first-order chi connectivity index (χ1) is 11.0. The number of carbonyl (C=O) groups is 1. The van der Waals surface area contributed by atoms with Gasteiger partial charge in [0.1, 0.15) is 5.75 Å². The Morgan fingerprint density at radius 2 is 2.00 bits per heavy atom. The van der Waals surface area contributed by atoms with Crippen molar-refractivity contribution in [3.05, 3.63) is 41.2 Å². The Hall–Kier alpha value is -2.44. The fourth-order valence-electron chi connectivity index (χ4n) is 2.38. The number of amides is 1. The lowest BCUT2D eigenvalue weighted by atomic mass is 9.95. The van der Waals surface area contributed by atoms with Gasteiger partial charge in [-0.1, -0.05) is 19.1 Å². The maximum absolute atomic E-state index is 12.9. The van der Waals surface area contributed by atoms with E-state index < -0.39 is 18.0 Å². The average Bonchev–Trinajstić information content (AvgIpc) is 2.90. The minimum absolute atomic E-state index is 0.0527. The second-order valence-electron chi connectivity index (χ2n) is 5.13. The van der Waals surface area contributed by atoms with Gasteiger partial charge in [-0.25, -0.2) is 8.78 Å². The van der Waals surface area contributed by atoms with E-state index in [0.717, 1.165) is 5.56 Å². The monoisotopic (exact) mass is 323 g/mol. The summed E-state index contributed by atoms with van der Waals surface area (Å²) in [6.45, 7) is 3.45. The van der Waals surface area contributed by atoms with E-state index >= 15 is 0 Å². The first-order valence-corrected chi connectivity index (χ1v) is 7.25. The first kappa shape index (κ1) is 16.9. The topological polar surface area (TPSA) is 67.0 Å². The number of alkyl halides is 2.